The lowest BCUT2D eigenvalue weighted by Crippen LogP contribution is -2.16. The van der Waals surface area contributed by atoms with Crippen LogP contribution < -0.4 is 14.2 Å². The summed E-state index contributed by atoms with van der Waals surface area (Å²) in [5.74, 6) is 2.66. The third-order valence-corrected chi connectivity index (χ3v) is 3.76. The molecule has 0 radical (unpaired) electrons. The van der Waals surface area contributed by atoms with E-state index in [1.165, 1.54) is 0 Å². The first-order valence-corrected chi connectivity index (χ1v) is 6.94. The highest BCUT2D eigenvalue weighted by Gasteiger charge is 2.46. The first-order chi connectivity index (χ1) is 10.2. The summed E-state index contributed by atoms with van der Waals surface area (Å²) in [4.78, 5) is 0. The molecule has 1 saturated heterocycles. The highest BCUT2D eigenvalue weighted by Crippen LogP contribution is 2.52. The van der Waals surface area contributed by atoms with Crippen molar-refractivity contribution in [1.82, 2.24) is 0 Å². The van der Waals surface area contributed by atoms with E-state index in [9.17, 15) is 0 Å². The fourth-order valence-electron chi connectivity index (χ4n) is 2.83. The minimum absolute atomic E-state index is 0.169. The molecule has 116 valence electrons. The predicted molar refractivity (Wildman–Crippen MR) is 73.7 cm³/mol. The second-order valence-corrected chi connectivity index (χ2v) is 5.26. The van der Waals surface area contributed by atoms with Crippen LogP contribution in [0.4, 0.5) is 0 Å². The average Bonchev–Trinajstić information content (AvgIpc) is 3.02. The largest absolute Gasteiger partial charge is 0.467 e. The SMILES string of the molecule is COCOc1cc(OCOC)c2c(c1)O[C@H]1OC[C@H](C)[C@@H]21. The van der Waals surface area contributed by atoms with Crippen LogP contribution in [0.1, 0.15) is 18.4 Å². The summed E-state index contributed by atoms with van der Waals surface area (Å²) in [6.45, 7) is 3.19. The van der Waals surface area contributed by atoms with Gasteiger partial charge in [0.25, 0.3) is 0 Å². The summed E-state index contributed by atoms with van der Waals surface area (Å²) in [7, 11) is 3.16. The second kappa shape index (κ2) is 6.09. The molecular weight excluding hydrogens is 276 g/mol. The maximum Gasteiger partial charge on any atom is 0.207 e. The number of rotatable bonds is 6. The van der Waals surface area contributed by atoms with E-state index in [2.05, 4.69) is 6.92 Å². The van der Waals surface area contributed by atoms with Crippen LogP contribution >= 0.6 is 0 Å². The number of ether oxygens (including phenoxy) is 6. The van der Waals surface area contributed by atoms with E-state index in [0.29, 0.717) is 24.0 Å². The predicted octanol–water partition coefficient (Wildman–Crippen LogP) is 2.12. The van der Waals surface area contributed by atoms with Crippen molar-refractivity contribution in [3.05, 3.63) is 17.7 Å². The van der Waals surface area contributed by atoms with Crippen LogP contribution in [0.15, 0.2) is 12.1 Å². The van der Waals surface area contributed by atoms with Gasteiger partial charge in [0.15, 0.2) is 13.6 Å². The Kier molecular flexibility index (Phi) is 4.19. The molecule has 3 atom stereocenters. The van der Waals surface area contributed by atoms with E-state index in [0.717, 1.165) is 11.3 Å². The summed E-state index contributed by atoms with van der Waals surface area (Å²) in [5, 5.41) is 0. The minimum Gasteiger partial charge on any atom is -0.467 e. The number of fused-ring (bicyclic) bond motifs is 3. The van der Waals surface area contributed by atoms with Crippen molar-refractivity contribution in [3.63, 3.8) is 0 Å². The van der Waals surface area contributed by atoms with E-state index in [1.54, 1.807) is 14.2 Å². The molecule has 1 aromatic rings. The van der Waals surface area contributed by atoms with Crippen LogP contribution in [0.5, 0.6) is 17.2 Å². The third kappa shape index (κ3) is 2.66. The minimum atomic E-state index is -0.238. The zero-order valence-corrected chi connectivity index (χ0v) is 12.5. The quantitative estimate of drug-likeness (QED) is 0.750. The average molecular weight is 296 g/mol. The summed E-state index contributed by atoms with van der Waals surface area (Å²) < 4.78 is 32.7. The first-order valence-electron chi connectivity index (χ1n) is 6.94. The molecular formula is C15H20O6. The Bertz CT molecular complexity index is 503. The van der Waals surface area contributed by atoms with Crippen molar-refractivity contribution in [2.24, 2.45) is 5.92 Å². The lowest BCUT2D eigenvalue weighted by molar-refractivity contribution is -0.0342. The van der Waals surface area contributed by atoms with Crippen LogP contribution in [-0.4, -0.2) is 40.7 Å². The molecule has 2 heterocycles. The van der Waals surface area contributed by atoms with Gasteiger partial charge in [0.1, 0.15) is 17.2 Å². The molecule has 0 N–H and O–H groups in total. The van der Waals surface area contributed by atoms with Gasteiger partial charge in [-0.1, -0.05) is 6.92 Å². The van der Waals surface area contributed by atoms with Gasteiger partial charge in [0, 0.05) is 31.9 Å². The molecule has 1 fully saturated rings. The molecule has 0 spiro atoms. The second-order valence-electron chi connectivity index (χ2n) is 5.26. The number of hydrogen-bond donors (Lipinski definition) is 0. The number of benzene rings is 1. The van der Waals surface area contributed by atoms with Crippen LogP contribution in [0, 0.1) is 5.92 Å². The molecule has 0 bridgehead atoms. The van der Waals surface area contributed by atoms with Crippen molar-refractivity contribution in [1.29, 1.82) is 0 Å². The van der Waals surface area contributed by atoms with Gasteiger partial charge in [0.05, 0.1) is 12.5 Å². The molecule has 6 nitrogen and oxygen atoms in total. The highest BCUT2D eigenvalue weighted by atomic mass is 16.7. The van der Waals surface area contributed by atoms with Crippen molar-refractivity contribution >= 4 is 0 Å². The lowest BCUT2D eigenvalue weighted by Gasteiger charge is -2.16. The molecule has 0 saturated carbocycles. The fourth-order valence-corrected chi connectivity index (χ4v) is 2.83. The van der Waals surface area contributed by atoms with Crippen LogP contribution in [0.2, 0.25) is 0 Å². The molecule has 6 heteroatoms. The van der Waals surface area contributed by atoms with E-state index in [1.807, 2.05) is 12.1 Å². The van der Waals surface area contributed by atoms with E-state index in [-0.39, 0.29) is 25.8 Å². The Morgan fingerprint density at radius 2 is 1.90 bits per heavy atom. The normalized spacial score (nSPS) is 26.1. The first kappa shape index (κ1) is 14.4. The number of hydrogen-bond acceptors (Lipinski definition) is 6. The van der Waals surface area contributed by atoms with Gasteiger partial charge in [-0.3, -0.25) is 0 Å². The topological polar surface area (TPSA) is 55.4 Å². The van der Waals surface area contributed by atoms with Gasteiger partial charge in [-0.25, -0.2) is 0 Å². The van der Waals surface area contributed by atoms with Crippen LogP contribution in [0.25, 0.3) is 0 Å². The van der Waals surface area contributed by atoms with Crippen molar-refractivity contribution < 1.29 is 28.4 Å². The maximum absolute atomic E-state index is 5.88. The highest BCUT2D eigenvalue weighted by molar-refractivity contribution is 5.55. The standard InChI is InChI=1S/C15H20O6/c1-9-6-18-15-13(9)14-11(20-8-17-3)4-10(19-7-16-2)5-12(14)21-15/h4-5,9,13,15H,6-8H2,1-3H3/t9-,13-,15+/m0/s1. The Morgan fingerprint density at radius 3 is 2.67 bits per heavy atom. The Morgan fingerprint density at radius 1 is 1.14 bits per heavy atom. The molecule has 0 aliphatic carbocycles. The Balaban J connectivity index is 1.94. The smallest absolute Gasteiger partial charge is 0.207 e. The maximum atomic E-state index is 5.88. The van der Waals surface area contributed by atoms with Gasteiger partial charge >= 0.3 is 0 Å². The summed E-state index contributed by atoms with van der Waals surface area (Å²) in [6.07, 6.45) is -0.238. The van der Waals surface area contributed by atoms with Gasteiger partial charge < -0.3 is 28.4 Å². The van der Waals surface area contributed by atoms with Crippen LogP contribution in [-0.2, 0) is 14.2 Å². The molecule has 1 aromatic carbocycles. The van der Waals surface area contributed by atoms with Gasteiger partial charge in [0.2, 0.25) is 6.29 Å². The molecule has 2 aliphatic rings. The lowest BCUT2D eigenvalue weighted by atomic mass is 9.89. The summed E-state index contributed by atoms with van der Waals surface area (Å²) >= 11 is 0. The summed E-state index contributed by atoms with van der Waals surface area (Å²) in [5.41, 5.74) is 1.03. The monoisotopic (exact) mass is 296 g/mol. The molecule has 3 rings (SSSR count). The van der Waals surface area contributed by atoms with Crippen molar-refractivity contribution in [3.8, 4) is 17.2 Å². The van der Waals surface area contributed by atoms with Gasteiger partial charge in [-0.15, -0.1) is 0 Å². The van der Waals surface area contributed by atoms with Crippen LogP contribution in [0.3, 0.4) is 0 Å². The van der Waals surface area contributed by atoms with Gasteiger partial charge in [-0.2, -0.15) is 0 Å². The molecule has 2 aliphatic heterocycles. The fraction of sp³-hybridized carbons (Fsp3) is 0.600. The van der Waals surface area contributed by atoms with E-state index >= 15 is 0 Å². The molecule has 0 unspecified atom stereocenters. The van der Waals surface area contributed by atoms with Crippen molar-refractivity contribution in [2.75, 3.05) is 34.4 Å². The summed E-state index contributed by atoms with van der Waals surface area (Å²) in [6, 6.07) is 3.69. The Labute approximate surface area is 123 Å². The zero-order chi connectivity index (χ0) is 14.8. The number of methoxy groups -OCH3 is 2. The Hall–Kier alpha value is -1.50. The van der Waals surface area contributed by atoms with E-state index in [4.69, 9.17) is 28.4 Å². The third-order valence-electron chi connectivity index (χ3n) is 3.76. The molecule has 21 heavy (non-hydrogen) atoms. The van der Waals surface area contributed by atoms with Crippen molar-refractivity contribution in [2.45, 2.75) is 19.1 Å². The molecule has 0 amide bonds. The van der Waals surface area contributed by atoms with Gasteiger partial charge in [-0.05, 0) is 5.92 Å². The zero-order valence-electron chi connectivity index (χ0n) is 12.5. The van der Waals surface area contributed by atoms with E-state index < -0.39 is 0 Å². The molecule has 0 aromatic heterocycles.